The minimum Gasteiger partial charge on any atom is -0.487 e. The van der Waals surface area contributed by atoms with Gasteiger partial charge in [-0.05, 0) is 66.9 Å². The van der Waals surface area contributed by atoms with Crippen LogP contribution in [0.2, 0.25) is 0 Å². The van der Waals surface area contributed by atoms with E-state index in [-0.39, 0.29) is 29.3 Å². The Hall–Kier alpha value is -3.38. The third-order valence-electron chi connectivity index (χ3n) is 7.02. The van der Waals surface area contributed by atoms with Gasteiger partial charge in [0.05, 0.1) is 6.54 Å². The summed E-state index contributed by atoms with van der Waals surface area (Å²) in [5.41, 5.74) is 1.23. The van der Waals surface area contributed by atoms with E-state index in [0.717, 1.165) is 11.1 Å². The van der Waals surface area contributed by atoms with Crippen molar-refractivity contribution in [1.82, 2.24) is 9.62 Å². The van der Waals surface area contributed by atoms with Gasteiger partial charge in [-0.15, -0.1) is 0 Å². The molecule has 5 rings (SSSR count). The highest BCUT2D eigenvalue weighted by molar-refractivity contribution is 7.92. The van der Waals surface area contributed by atoms with E-state index in [1.165, 1.54) is 4.90 Å². The van der Waals surface area contributed by atoms with Crippen LogP contribution in [0.4, 0.5) is 23.2 Å². The summed E-state index contributed by atoms with van der Waals surface area (Å²) in [5.74, 6) is -1.50. The number of rotatable bonds is 7. The molecular formula is C27H27F4N3O4S. The molecule has 2 saturated heterocycles. The molecule has 1 N–H and O–H groups in total. The molecule has 2 aliphatic heterocycles. The minimum atomic E-state index is -4.31. The summed E-state index contributed by atoms with van der Waals surface area (Å²) in [5, 5.41) is 0.651. The number of amides is 1. The molecule has 39 heavy (non-hydrogen) atoms. The van der Waals surface area contributed by atoms with Gasteiger partial charge in [-0.2, -0.15) is 21.6 Å². The topological polar surface area (TPSA) is 79.0 Å². The fourth-order valence-corrected chi connectivity index (χ4v) is 6.31. The smallest absolute Gasteiger partial charge is 0.401 e. The number of piperidine rings is 1. The molecule has 12 heteroatoms. The van der Waals surface area contributed by atoms with Gasteiger partial charge in [0.1, 0.15) is 24.6 Å². The molecule has 208 valence electrons. The molecule has 0 radical (unpaired) electrons. The number of benzene rings is 3. The summed E-state index contributed by atoms with van der Waals surface area (Å²) in [4.78, 5) is 13.3. The molecule has 0 atom stereocenters. The number of anilines is 1. The zero-order valence-electron chi connectivity index (χ0n) is 20.9. The number of carbonyl (C=O) groups is 1. The molecule has 0 unspecified atom stereocenters. The molecule has 2 fully saturated rings. The largest absolute Gasteiger partial charge is 0.487 e. The van der Waals surface area contributed by atoms with Gasteiger partial charge in [-0.1, -0.05) is 42.5 Å². The first-order chi connectivity index (χ1) is 18.5. The standard InChI is InChI=1S/C27H27F4N3O4S/c28-25-22-13-20(12-18-8-10-33(11-9-18)17-27(29,30)31)6-7-21(22)14-23(38-16-19-4-2-1-3-5-19)26(25)34-15-24(35)32-39(34,36)37/h1-7,13-14,18H,8-12,15-17H2,(H,32,35). The Balaban J connectivity index is 1.43. The maximum absolute atomic E-state index is 16.1. The van der Waals surface area contributed by atoms with E-state index in [0.29, 0.717) is 42.0 Å². The molecular weight excluding hydrogens is 538 g/mol. The summed E-state index contributed by atoms with van der Waals surface area (Å²) >= 11 is 0. The van der Waals surface area contributed by atoms with Crippen molar-refractivity contribution < 1.29 is 35.5 Å². The quantitative estimate of drug-likeness (QED) is 0.425. The zero-order valence-corrected chi connectivity index (χ0v) is 21.7. The van der Waals surface area contributed by atoms with Crippen LogP contribution in [0.1, 0.15) is 24.0 Å². The van der Waals surface area contributed by atoms with Crippen LogP contribution in [0, 0.1) is 11.7 Å². The van der Waals surface area contributed by atoms with Crippen molar-refractivity contribution in [2.75, 3.05) is 30.5 Å². The van der Waals surface area contributed by atoms with E-state index in [9.17, 15) is 26.4 Å². The molecule has 2 aliphatic rings. The third-order valence-corrected chi connectivity index (χ3v) is 8.40. The number of ether oxygens (including phenoxy) is 1. The van der Waals surface area contributed by atoms with Crippen molar-refractivity contribution in [2.24, 2.45) is 5.92 Å². The summed E-state index contributed by atoms with van der Waals surface area (Å²) < 4.78 is 87.9. The summed E-state index contributed by atoms with van der Waals surface area (Å²) in [7, 11) is -4.31. The number of likely N-dealkylation sites (tertiary alicyclic amines) is 1. The predicted molar refractivity (Wildman–Crippen MR) is 138 cm³/mol. The Morgan fingerprint density at radius 1 is 1.00 bits per heavy atom. The molecule has 7 nitrogen and oxygen atoms in total. The highest BCUT2D eigenvalue weighted by Gasteiger charge is 2.38. The first-order valence-corrected chi connectivity index (χ1v) is 14.0. The van der Waals surface area contributed by atoms with Crippen LogP contribution >= 0.6 is 0 Å². The Labute approximate surface area is 223 Å². The maximum Gasteiger partial charge on any atom is 0.401 e. The van der Waals surface area contributed by atoms with E-state index < -0.39 is 41.2 Å². The molecule has 0 bridgehead atoms. The molecule has 3 aromatic carbocycles. The van der Waals surface area contributed by atoms with Crippen LogP contribution in [0.5, 0.6) is 5.75 Å². The van der Waals surface area contributed by atoms with Gasteiger partial charge in [0.15, 0.2) is 5.82 Å². The van der Waals surface area contributed by atoms with Crippen LogP contribution in [0.15, 0.2) is 54.6 Å². The zero-order chi connectivity index (χ0) is 27.8. The SMILES string of the molecule is O=C1CN(c2c(OCc3ccccc3)cc3ccc(CC4CCN(CC(F)(F)F)CC4)cc3c2F)S(=O)(=O)N1. The summed E-state index contributed by atoms with van der Waals surface area (Å²) in [6, 6.07) is 15.8. The Morgan fingerprint density at radius 2 is 1.72 bits per heavy atom. The minimum absolute atomic E-state index is 0.0197. The third kappa shape index (κ3) is 6.27. The normalized spacial score (nSPS) is 18.5. The van der Waals surface area contributed by atoms with Crippen molar-refractivity contribution in [1.29, 1.82) is 0 Å². The Morgan fingerprint density at radius 3 is 2.36 bits per heavy atom. The predicted octanol–water partition coefficient (Wildman–Crippen LogP) is 4.56. The number of hydrogen-bond acceptors (Lipinski definition) is 5. The lowest BCUT2D eigenvalue weighted by atomic mass is 9.89. The maximum atomic E-state index is 16.1. The van der Waals surface area contributed by atoms with Crippen molar-refractivity contribution in [3.63, 3.8) is 0 Å². The van der Waals surface area contributed by atoms with E-state index in [1.807, 2.05) is 41.1 Å². The molecule has 0 aromatic heterocycles. The fourth-order valence-electron chi connectivity index (χ4n) is 5.15. The number of fused-ring (bicyclic) bond motifs is 1. The molecule has 2 heterocycles. The number of nitrogens with zero attached hydrogens (tertiary/aromatic N) is 2. The second-order valence-corrected chi connectivity index (χ2v) is 11.5. The molecule has 0 saturated carbocycles. The molecule has 3 aromatic rings. The van der Waals surface area contributed by atoms with Crippen molar-refractivity contribution in [3.8, 4) is 5.75 Å². The van der Waals surface area contributed by atoms with Crippen molar-refractivity contribution in [3.05, 3.63) is 71.5 Å². The second kappa shape index (κ2) is 10.6. The van der Waals surface area contributed by atoms with Crippen LogP contribution in [0.25, 0.3) is 10.8 Å². The van der Waals surface area contributed by atoms with E-state index in [4.69, 9.17) is 4.74 Å². The lowest BCUT2D eigenvalue weighted by Crippen LogP contribution is -2.40. The number of halogens is 4. The number of nitrogens with one attached hydrogen (secondary N) is 1. The van der Waals surface area contributed by atoms with E-state index in [2.05, 4.69) is 0 Å². The molecule has 1 amide bonds. The van der Waals surface area contributed by atoms with Crippen LogP contribution in [-0.2, 0) is 28.0 Å². The number of hydrogen-bond donors (Lipinski definition) is 1. The molecule has 0 spiro atoms. The van der Waals surface area contributed by atoms with E-state index in [1.54, 1.807) is 18.2 Å². The highest BCUT2D eigenvalue weighted by atomic mass is 32.2. The van der Waals surface area contributed by atoms with Gasteiger partial charge >= 0.3 is 16.4 Å². The average molecular weight is 566 g/mol. The van der Waals surface area contributed by atoms with Gasteiger partial charge in [0.25, 0.3) is 5.91 Å². The van der Waals surface area contributed by atoms with Crippen molar-refractivity contribution >= 4 is 32.6 Å². The fraction of sp³-hybridized carbons (Fsp3) is 0.370. The average Bonchev–Trinajstić information content (AvgIpc) is 3.15. The van der Waals surface area contributed by atoms with Gasteiger partial charge in [0, 0.05) is 5.39 Å². The number of alkyl halides is 3. The van der Waals surface area contributed by atoms with Gasteiger partial charge in [-0.25, -0.2) is 13.4 Å². The summed E-state index contributed by atoms with van der Waals surface area (Å²) in [6.07, 6.45) is -2.49. The van der Waals surface area contributed by atoms with Crippen LogP contribution in [-0.4, -0.2) is 51.6 Å². The lowest BCUT2D eigenvalue weighted by Gasteiger charge is -2.32. The summed E-state index contributed by atoms with van der Waals surface area (Å²) in [6.45, 7) is -0.768. The van der Waals surface area contributed by atoms with Gasteiger partial charge in [0.2, 0.25) is 0 Å². The van der Waals surface area contributed by atoms with Crippen LogP contribution < -0.4 is 13.8 Å². The van der Waals surface area contributed by atoms with Crippen LogP contribution in [0.3, 0.4) is 0 Å². The number of carbonyl (C=O) groups excluding carboxylic acids is 1. The van der Waals surface area contributed by atoms with E-state index >= 15 is 4.39 Å². The van der Waals surface area contributed by atoms with Crippen molar-refractivity contribution in [2.45, 2.75) is 32.0 Å². The highest BCUT2D eigenvalue weighted by Crippen LogP contribution is 2.40. The van der Waals surface area contributed by atoms with Gasteiger partial charge < -0.3 is 4.74 Å². The second-order valence-electron chi connectivity index (χ2n) is 9.94. The molecule has 0 aliphatic carbocycles. The monoisotopic (exact) mass is 565 g/mol. The van der Waals surface area contributed by atoms with Gasteiger partial charge in [-0.3, -0.25) is 9.69 Å². The first-order valence-electron chi connectivity index (χ1n) is 12.5. The first kappa shape index (κ1) is 27.2. The Bertz CT molecular complexity index is 1470. The lowest BCUT2D eigenvalue weighted by molar-refractivity contribution is -0.148. The Kier molecular flexibility index (Phi) is 7.43.